The summed E-state index contributed by atoms with van der Waals surface area (Å²) in [5, 5.41) is 2.62. The highest BCUT2D eigenvalue weighted by Crippen LogP contribution is 2.35. The maximum Gasteiger partial charge on any atom is 0.416 e. The second-order valence-corrected chi connectivity index (χ2v) is 13.1. The second-order valence-electron chi connectivity index (χ2n) is 11.5. The van der Waals surface area contributed by atoms with E-state index in [1.165, 1.54) is 24.3 Å². The number of aryl methyl sites for hydroxylation is 2. The van der Waals surface area contributed by atoms with E-state index in [2.05, 4.69) is 15.0 Å². The Morgan fingerprint density at radius 3 is 2.42 bits per heavy atom. The Morgan fingerprint density at radius 1 is 1.00 bits per heavy atom. The summed E-state index contributed by atoms with van der Waals surface area (Å²) in [5.74, 6) is -0.582. The highest BCUT2D eigenvalue weighted by atomic mass is 32.2. The molecule has 2 N–H and O–H groups in total. The predicted molar refractivity (Wildman–Crippen MR) is 168 cm³/mol. The van der Waals surface area contributed by atoms with Crippen molar-refractivity contribution < 1.29 is 31.2 Å². The lowest BCUT2D eigenvalue weighted by Crippen LogP contribution is -2.31. The van der Waals surface area contributed by atoms with Crippen LogP contribution in [-0.2, 0) is 27.5 Å². The van der Waals surface area contributed by atoms with E-state index in [0.717, 1.165) is 31.4 Å². The third-order valence-corrected chi connectivity index (χ3v) is 8.72. The number of unbranched alkanes of at least 4 members (excludes halogenated alkanes) is 2. The Bertz CT molecular complexity index is 1810. The highest BCUT2D eigenvalue weighted by molar-refractivity contribution is 7.90. The number of imidazole rings is 1. The van der Waals surface area contributed by atoms with Crippen molar-refractivity contribution in [1.29, 1.82) is 0 Å². The largest absolute Gasteiger partial charge is 0.416 e. The molecule has 2 amide bonds. The van der Waals surface area contributed by atoms with Gasteiger partial charge in [0.1, 0.15) is 10.7 Å². The summed E-state index contributed by atoms with van der Waals surface area (Å²) in [6.45, 7) is 8.16. The molecule has 0 spiro atoms. The quantitative estimate of drug-likeness (QED) is 0.154. The van der Waals surface area contributed by atoms with Crippen LogP contribution in [0.15, 0.2) is 65.6 Å². The van der Waals surface area contributed by atoms with Crippen molar-refractivity contribution >= 4 is 38.6 Å². The molecule has 8 nitrogen and oxygen atoms in total. The van der Waals surface area contributed by atoms with Gasteiger partial charge >= 0.3 is 6.18 Å². The van der Waals surface area contributed by atoms with Gasteiger partial charge in [0, 0.05) is 24.1 Å². The molecule has 0 aliphatic heterocycles. The zero-order valence-electron chi connectivity index (χ0n) is 25.7. The monoisotopic (exact) mass is 642 g/mol. The van der Waals surface area contributed by atoms with Crippen molar-refractivity contribution in [1.82, 2.24) is 14.3 Å². The van der Waals surface area contributed by atoms with E-state index < -0.39 is 33.6 Å². The molecule has 0 saturated carbocycles. The number of nitrogens with one attached hydrogen (secondary N) is 2. The van der Waals surface area contributed by atoms with Gasteiger partial charge in [-0.15, -0.1) is 0 Å². The van der Waals surface area contributed by atoms with Crippen molar-refractivity contribution in [3.63, 3.8) is 0 Å². The summed E-state index contributed by atoms with van der Waals surface area (Å²) >= 11 is 0. The molecule has 0 unspecified atom stereocenters. The van der Waals surface area contributed by atoms with E-state index in [-0.39, 0.29) is 22.6 Å². The number of hydrogen-bond acceptors (Lipinski definition) is 5. The number of aromatic nitrogens is 2. The van der Waals surface area contributed by atoms with Crippen LogP contribution in [0.3, 0.4) is 0 Å². The summed E-state index contributed by atoms with van der Waals surface area (Å²) in [7, 11) is -4.26. The topological polar surface area (TPSA) is 110 Å². The maximum absolute atomic E-state index is 13.6. The highest BCUT2D eigenvalue weighted by Gasteiger charge is 2.31. The van der Waals surface area contributed by atoms with Crippen molar-refractivity contribution in [2.24, 2.45) is 5.92 Å². The fourth-order valence-electron chi connectivity index (χ4n) is 4.97. The Kier molecular flexibility index (Phi) is 10.4. The Labute approximate surface area is 261 Å². The van der Waals surface area contributed by atoms with Crippen molar-refractivity contribution in [2.75, 3.05) is 5.32 Å². The summed E-state index contributed by atoms with van der Waals surface area (Å²) in [6.07, 6.45) is -1.48. The third kappa shape index (κ3) is 8.30. The van der Waals surface area contributed by atoms with E-state index in [9.17, 15) is 31.2 Å². The lowest BCUT2D eigenvalue weighted by Gasteiger charge is -2.14. The number of carbonyl (C=O) groups is 2. The number of halogens is 3. The first kappa shape index (κ1) is 33.7. The number of anilines is 1. The first-order chi connectivity index (χ1) is 21.2. The number of amides is 2. The van der Waals surface area contributed by atoms with Crippen molar-refractivity contribution in [3.8, 4) is 11.4 Å². The lowest BCUT2D eigenvalue weighted by atomic mass is 10.1. The van der Waals surface area contributed by atoms with E-state index in [1.807, 2.05) is 25.3 Å². The molecule has 3 aromatic carbocycles. The van der Waals surface area contributed by atoms with Crippen LogP contribution in [0.5, 0.6) is 0 Å². The number of fused-ring (bicyclic) bond motifs is 1. The Hall–Kier alpha value is -4.19. The number of carbonyl (C=O) groups excluding carboxylic acids is 2. The fourth-order valence-corrected chi connectivity index (χ4v) is 6.15. The molecule has 0 atom stereocenters. The van der Waals surface area contributed by atoms with E-state index in [0.29, 0.717) is 46.9 Å². The average Bonchev–Trinajstić information content (AvgIpc) is 3.33. The van der Waals surface area contributed by atoms with Gasteiger partial charge in [-0.2, -0.15) is 13.2 Å². The number of rotatable bonds is 12. The molecule has 240 valence electrons. The molecule has 4 rings (SSSR count). The van der Waals surface area contributed by atoms with E-state index in [4.69, 9.17) is 0 Å². The molecular weight excluding hydrogens is 605 g/mol. The standard InChI is InChI=1S/C33H37F3N4O4S/c1-5-6-7-12-30(41)39-45(43,44)29-11-9-8-10-26(29)38-32(42)23-13-14-28-27(20-23)37-31(40(28)16-15-21(2)3)24-17-22(4)18-25(19-24)33(34,35)36/h8-11,13-14,17-21H,5-7,12,15-16H2,1-4H3,(H,38,42)(H,39,41). The molecule has 0 radical (unpaired) electrons. The zero-order valence-corrected chi connectivity index (χ0v) is 26.5. The number of benzene rings is 3. The van der Waals surface area contributed by atoms with E-state index >= 15 is 0 Å². The number of hydrogen-bond donors (Lipinski definition) is 2. The minimum Gasteiger partial charge on any atom is -0.324 e. The van der Waals surface area contributed by atoms with Gasteiger partial charge < -0.3 is 9.88 Å². The van der Waals surface area contributed by atoms with Crippen LogP contribution < -0.4 is 10.0 Å². The van der Waals surface area contributed by atoms with Crippen molar-refractivity contribution in [3.05, 3.63) is 77.4 Å². The minimum atomic E-state index is -4.53. The Balaban J connectivity index is 1.68. The second kappa shape index (κ2) is 13.8. The number of alkyl halides is 3. The van der Waals surface area contributed by atoms with Crippen LogP contribution in [0.1, 0.15) is 74.4 Å². The van der Waals surface area contributed by atoms with Crippen LogP contribution in [0.25, 0.3) is 22.4 Å². The molecule has 45 heavy (non-hydrogen) atoms. The SMILES string of the molecule is CCCCCC(=O)NS(=O)(=O)c1ccccc1NC(=O)c1ccc2c(c1)nc(-c1cc(C)cc(C(F)(F)F)c1)n2CCC(C)C. The summed E-state index contributed by atoms with van der Waals surface area (Å²) in [4.78, 5) is 30.0. The van der Waals surface area contributed by atoms with Gasteiger partial charge in [0.15, 0.2) is 0 Å². The van der Waals surface area contributed by atoms with Gasteiger partial charge in [0.25, 0.3) is 15.9 Å². The molecule has 4 aromatic rings. The molecule has 0 bridgehead atoms. The van der Waals surface area contributed by atoms with Crippen LogP contribution >= 0.6 is 0 Å². The number of para-hydroxylation sites is 1. The average molecular weight is 643 g/mol. The molecule has 12 heteroatoms. The third-order valence-electron chi connectivity index (χ3n) is 7.28. The molecule has 0 fully saturated rings. The Morgan fingerprint density at radius 2 is 1.73 bits per heavy atom. The summed E-state index contributed by atoms with van der Waals surface area (Å²) in [5.41, 5.74) is 1.17. The van der Waals surface area contributed by atoms with E-state index in [1.54, 1.807) is 31.2 Å². The summed E-state index contributed by atoms with van der Waals surface area (Å²) < 4.78 is 70.9. The first-order valence-corrected chi connectivity index (χ1v) is 16.3. The summed E-state index contributed by atoms with van der Waals surface area (Å²) in [6, 6.07) is 14.3. The smallest absolute Gasteiger partial charge is 0.324 e. The van der Waals surface area contributed by atoms with Gasteiger partial charge in [0.05, 0.1) is 22.3 Å². The molecule has 0 saturated heterocycles. The molecule has 0 aliphatic rings. The fraction of sp³-hybridized carbons (Fsp3) is 0.364. The van der Waals surface area contributed by atoms with Crippen LogP contribution in [0, 0.1) is 12.8 Å². The van der Waals surface area contributed by atoms with Crippen LogP contribution in [0.4, 0.5) is 18.9 Å². The van der Waals surface area contributed by atoms with Crippen LogP contribution in [-0.4, -0.2) is 29.8 Å². The molecular formula is C33H37F3N4O4S. The first-order valence-electron chi connectivity index (χ1n) is 14.8. The van der Waals surface area contributed by atoms with Gasteiger partial charge in [-0.3, -0.25) is 9.59 Å². The lowest BCUT2D eigenvalue weighted by molar-refractivity contribution is -0.137. The minimum absolute atomic E-state index is 0.0148. The van der Waals surface area contributed by atoms with Gasteiger partial charge in [-0.1, -0.05) is 45.7 Å². The van der Waals surface area contributed by atoms with Gasteiger partial charge in [-0.05, 0) is 79.8 Å². The normalized spacial score (nSPS) is 12.1. The van der Waals surface area contributed by atoms with Crippen molar-refractivity contribution in [2.45, 2.75) is 77.4 Å². The predicted octanol–water partition coefficient (Wildman–Crippen LogP) is 7.71. The zero-order chi connectivity index (χ0) is 32.9. The van der Waals surface area contributed by atoms with Crippen LogP contribution in [0.2, 0.25) is 0 Å². The molecule has 0 aliphatic carbocycles. The maximum atomic E-state index is 13.6. The molecule has 1 heterocycles. The number of sulfonamides is 1. The van der Waals surface area contributed by atoms with Gasteiger partial charge in [0.2, 0.25) is 5.91 Å². The number of nitrogens with zero attached hydrogens (tertiary/aromatic N) is 2. The molecule has 1 aromatic heterocycles. The van der Waals surface area contributed by atoms with Gasteiger partial charge in [-0.25, -0.2) is 18.1 Å².